The number of unbranched alkanes of at least 4 members (excludes halogenated alkanes) is 2. The summed E-state index contributed by atoms with van der Waals surface area (Å²) in [6.45, 7) is 9.19. The van der Waals surface area contributed by atoms with Gasteiger partial charge in [-0.15, -0.1) is 0 Å². The molecule has 6 aromatic rings. The van der Waals surface area contributed by atoms with Gasteiger partial charge in [0.25, 0.3) is 0 Å². The molecule has 16 nitrogen and oxygen atoms in total. The van der Waals surface area contributed by atoms with Gasteiger partial charge in [0.1, 0.15) is 40.2 Å². The highest BCUT2D eigenvalue weighted by molar-refractivity contribution is 6.03. The van der Waals surface area contributed by atoms with Crippen molar-refractivity contribution in [1.29, 1.82) is 0 Å². The van der Waals surface area contributed by atoms with Crippen LogP contribution in [0.1, 0.15) is 74.0 Å². The third-order valence-electron chi connectivity index (χ3n) is 9.80. The molecule has 6 aromatic carbocycles. The maximum atomic E-state index is 13.5. The molecule has 0 N–H and O–H groups in total. The van der Waals surface area contributed by atoms with E-state index in [2.05, 4.69) is 13.2 Å². The van der Waals surface area contributed by atoms with E-state index < -0.39 is 41.8 Å². The van der Waals surface area contributed by atoms with Crippen LogP contribution in [-0.2, 0) is 23.9 Å². The van der Waals surface area contributed by atoms with Crippen LogP contribution in [0.3, 0.4) is 0 Å². The predicted molar refractivity (Wildman–Crippen MR) is 253 cm³/mol. The number of ether oxygens (including phenoxy) is 9. The van der Waals surface area contributed by atoms with Gasteiger partial charge in [0.2, 0.25) is 0 Å². The summed E-state index contributed by atoms with van der Waals surface area (Å²) in [6.07, 6.45) is 4.74. The summed E-state index contributed by atoms with van der Waals surface area (Å²) >= 11 is 0. The molecule has 0 unspecified atom stereocenters. The van der Waals surface area contributed by atoms with Gasteiger partial charge in [-0.2, -0.15) is 0 Å². The highest BCUT2D eigenvalue weighted by Crippen LogP contribution is 2.40. The minimum absolute atomic E-state index is 0.0114. The van der Waals surface area contributed by atoms with E-state index in [1.165, 1.54) is 73.7 Å². The molecule has 0 aliphatic carbocycles. The number of carbonyl (C=O) groups is 7. The van der Waals surface area contributed by atoms with Crippen molar-refractivity contribution in [3.8, 4) is 40.2 Å². The summed E-state index contributed by atoms with van der Waals surface area (Å²) in [6, 6.07) is 31.6. The monoisotopic (exact) mass is 950 g/mol. The molecule has 0 aliphatic heterocycles. The standard InChI is InChI=1S/C54H46O16/c1-4-48(56)64-33-8-6-31-62-40-21-13-36(14-22-40)51(58)67-42-25-17-38(18-26-42)53(60)69-45-29-30-47(50-44(45)11-10-12-46(50)66-35(3)55)70-54(61)39-19-27-43(28-20-39)68-52(59)37-15-23-41(24-16-37)63-32-7-9-34-65-49(57)5-2/h4-5,10-30H,1-2,6-9,31-34H2,3H3. The molecular weight excluding hydrogens is 905 g/mol. The van der Waals surface area contributed by atoms with Crippen LogP contribution in [0.25, 0.3) is 10.8 Å². The number of carbonyl (C=O) groups excluding carboxylic acids is 7. The fraction of sp³-hybridized carbons (Fsp3) is 0.167. The molecule has 0 radical (unpaired) electrons. The molecule has 16 heteroatoms. The van der Waals surface area contributed by atoms with Crippen LogP contribution in [-0.4, -0.2) is 68.2 Å². The first kappa shape index (κ1) is 50.4. The van der Waals surface area contributed by atoms with Gasteiger partial charge < -0.3 is 42.6 Å². The largest absolute Gasteiger partial charge is 0.494 e. The first-order chi connectivity index (χ1) is 33.9. The molecule has 0 bridgehead atoms. The summed E-state index contributed by atoms with van der Waals surface area (Å²) < 4.78 is 49.2. The molecule has 70 heavy (non-hydrogen) atoms. The van der Waals surface area contributed by atoms with Crippen molar-refractivity contribution in [3.63, 3.8) is 0 Å². The zero-order valence-electron chi connectivity index (χ0n) is 37.9. The van der Waals surface area contributed by atoms with Crippen LogP contribution in [0.5, 0.6) is 40.2 Å². The van der Waals surface area contributed by atoms with Crippen LogP contribution >= 0.6 is 0 Å². The molecule has 0 saturated carbocycles. The van der Waals surface area contributed by atoms with E-state index in [9.17, 15) is 33.6 Å². The van der Waals surface area contributed by atoms with E-state index in [-0.39, 0.29) is 75.0 Å². The van der Waals surface area contributed by atoms with Gasteiger partial charge in [-0.25, -0.2) is 28.8 Å². The van der Waals surface area contributed by atoms with Crippen molar-refractivity contribution in [1.82, 2.24) is 0 Å². The number of rotatable bonds is 23. The van der Waals surface area contributed by atoms with Crippen molar-refractivity contribution in [2.45, 2.75) is 32.6 Å². The Morgan fingerprint density at radius 3 is 1.17 bits per heavy atom. The van der Waals surface area contributed by atoms with Gasteiger partial charge in [0.05, 0.1) is 54.1 Å². The van der Waals surface area contributed by atoms with Gasteiger partial charge in [-0.05, 0) is 141 Å². The average molecular weight is 951 g/mol. The molecular formula is C54H46O16. The molecule has 6 rings (SSSR count). The third-order valence-corrected chi connectivity index (χ3v) is 9.80. The zero-order valence-corrected chi connectivity index (χ0v) is 37.9. The summed E-state index contributed by atoms with van der Waals surface area (Å²) in [7, 11) is 0. The predicted octanol–water partition coefficient (Wildman–Crippen LogP) is 9.42. The van der Waals surface area contributed by atoms with Crippen LogP contribution < -0.4 is 33.2 Å². The van der Waals surface area contributed by atoms with E-state index >= 15 is 0 Å². The van der Waals surface area contributed by atoms with Crippen LogP contribution in [0, 0.1) is 0 Å². The number of hydrogen-bond donors (Lipinski definition) is 0. The van der Waals surface area contributed by atoms with Crippen molar-refractivity contribution in [2.75, 3.05) is 26.4 Å². The second kappa shape index (κ2) is 25.2. The van der Waals surface area contributed by atoms with Crippen molar-refractivity contribution >= 4 is 52.6 Å². The molecule has 0 spiro atoms. The molecule has 358 valence electrons. The van der Waals surface area contributed by atoms with Gasteiger partial charge in [0.15, 0.2) is 0 Å². The van der Waals surface area contributed by atoms with E-state index in [0.717, 1.165) is 12.2 Å². The SMILES string of the molecule is C=CC(=O)OCCCCOc1ccc(C(=O)Oc2ccc(C(=O)Oc3ccc(OC(=O)c4ccc(OC(=O)c5ccc(OCCCCOC(=O)C=C)cc5)cc4)c4c(OC(C)=O)cccc34)cc2)cc1. The Labute approximate surface area is 401 Å². The maximum absolute atomic E-state index is 13.5. The summed E-state index contributed by atoms with van der Waals surface area (Å²) in [5.74, 6) is -2.96. The summed E-state index contributed by atoms with van der Waals surface area (Å²) in [5, 5.41) is 0.437. The number of hydrogen-bond acceptors (Lipinski definition) is 16. The van der Waals surface area contributed by atoms with Gasteiger partial charge in [-0.3, -0.25) is 4.79 Å². The fourth-order valence-corrected chi connectivity index (χ4v) is 6.32. The van der Waals surface area contributed by atoms with E-state index in [1.54, 1.807) is 60.7 Å². The Kier molecular flexibility index (Phi) is 18.1. The van der Waals surface area contributed by atoms with Gasteiger partial charge >= 0.3 is 41.8 Å². The van der Waals surface area contributed by atoms with E-state index in [4.69, 9.17) is 42.6 Å². The summed E-state index contributed by atoms with van der Waals surface area (Å²) in [5.41, 5.74) is 0.740. The first-order valence-corrected chi connectivity index (χ1v) is 21.8. The lowest BCUT2D eigenvalue weighted by Gasteiger charge is -2.15. The topological polar surface area (TPSA) is 203 Å². The van der Waals surface area contributed by atoms with Crippen LogP contribution in [0.15, 0.2) is 153 Å². The van der Waals surface area contributed by atoms with Crippen LogP contribution in [0.2, 0.25) is 0 Å². The highest BCUT2D eigenvalue weighted by atomic mass is 16.6. The first-order valence-electron chi connectivity index (χ1n) is 21.8. The molecule has 0 heterocycles. The van der Waals surface area contributed by atoms with Gasteiger partial charge in [0, 0.05) is 24.5 Å². The molecule has 0 saturated heterocycles. The minimum Gasteiger partial charge on any atom is -0.494 e. The van der Waals surface area contributed by atoms with Gasteiger partial charge in [-0.1, -0.05) is 25.3 Å². The quantitative estimate of drug-likeness (QED) is 0.0254. The molecule has 0 aliphatic rings. The molecule has 0 atom stereocenters. The number of esters is 7. The Morgan fingerprint density at radius 2 is 0.757 bits per heavy atom. The Hall–Kier alpha value is -9.05. The lowest BCUT2D eigenvalue weighted by atomic mass is 10.1. The van der Waals surface area contributed by atoms with Crippen molar-refractivity contribution in [3.05, 3.63) is 175 Å². The maximum Gasteiger partial charge on any atom is 0.343 e. The molecule has 0 aromatic heterocycles. The molecule has 0 fully saturated rings. The number of benzene rings is 6. The summed E-state index contributed by atoms with van der Waals surface area (Å²) in [4.78, 5) is 86.9. The Balaban J connectivity index is 1.03. The Morgan fingerprint density at radius 1 is 0.400 bits per heavy atom. The second-order valence-electron chi connectivity index (χ2n) is 14.8. The van der Waals surface area contributed by atoms with Crippen LogP contribution in [0.4, 0.5) is 0 Å². The lowest BCUT2D eigenvalue weighted by molar-refractivity contribution is -0.138. The smallest absolute Gasteiger partial charge is 0.343 e. The second-order valence-corrected chi connectivity index (χ2v) is 14.8. The average Bonchev–Trinajstić information content (AvgIpc) is 3.37. The third kappa shape index (κ3) is 14.7. The normalized spacial score (nSPS) is 10.5. The minimum atomic E-state index is -0.796. The highest BCUT2D eigenvalue weighted by Gasteiger charge is 2.21. The Bertz CT molecular complexity index is 2850. The van der Waals surface area contributed by atoms with Crippen molar-refractivity contribution in [2.24, 2.45) is 0 Å². The number of fused-ring (bicyclic) bond motifs is 1. The zero-order chi connectivity index (χ0) is 49.8. The van der Waals surface area contributed by atoms with E-state index in [1.807, 2.05) is 0 Å². The lowest BCUT2D eigenvalue weighted by Crippen LogP contribution is -2.12. The van der Waals surface area contributed by atoms with E-state index in [0.29, 0.717) is 50.4 Å². The van der Waals surface area contributed by atoms with Crippen molar-refractivity contribution < 1.29 is 76.2 Å². The fourth-order valence-electron chi connectivity index (χ4n) is 6.32. The molecule has 0 amide bonds.